The molecule has 0 saturated carbocycles. The Kier molecular flexibility index (Phi) is 5.26. The van der Waals surface area contributed by atoms with E-state index in [9.17, 15) is 4.79 Å². The van der Waals surface area contributed by atoms with Crippen LogP contribution in [0.3, 0.4) is 0 Å². The maximum Gasteiger partial charge on any atom is 0.326 e. The van der Waals surface area contributed by atoms with Gasteiger partial charge in [-0.1, -0.05) is 42.5 Å². The molecular formula is C17H21NO2S. The lowest BCUT2D eigenvalue weighted by Gasteiger charge is -2.26. The molecule has 0 heterocycles. The molecule has 2 aromatic rings. The summed E-state index contributed by atoms with van der Waals surface area (Å²) in [5.74, 6) is 0.490. The Bertz CT molecular complexity index is 629. The molecule has 112 valence electrons. The number of rotatable bonds is 6. The molecule has 0 aliphatic rings. The highest BCUT2D eigenvalue weighted by Crippen LogP contribution is 2.22. The summed E-state index contributed by atoms with van der Waals surface area (Å²) in [7, 11) is 1.39. The number of nitrogens with two attached hydrogens (primary N) is 1. The van der Waals surface area contributed by atoms with Gasteiger partial charge in [0, 0.05) is 6.42 Å². The zero-order valence-electron chi connectivity index (χ0n) is 12.5. The summed E-state index contributed by atoms with van der Waals surface area (Å²) in [6.07, 6.45) is 3.10. The van der Waals surface area contributed by atoms with Gasteiger partial charge >= 0.3 is 5.97 Å². The molecule has 0 unspecified atom stereocenters. The van der Waals surface area contributed by atoms with Crippen molar-refractivity contribution < 1.29 is 9.53 Å². The fraction of sp³-hybridized carbons (Fsp3) is 0.353. The van der Waals surface area contributed by atoms with Crippen LogP contribution in [-0.2, 0) is 16.0 Å². The van der Waals surface area contributed by atoms with Crippen LogP contribution >= 0.6 is 11.8 Å². The van der Waals surface area contributed by atoms with Crippen LogP contribution in [0.1, 0.15) is 12.0 Å². The van der Waals surface area contributed by atoms with Crippen molar-refractivity contribution in [2.45, 2.75) is 18.4 Å². The number of benzene rings is 2. The molecule has 3 nitrogen and oxygen atoms in total. The van der Waals surface area contributed by atoms with E-state index in [0.717, 1.165) is 16.7 Å². The van der Waals surface area contributed by atoms with Crippen LogP contribution in [0.2, 0.25) is 0 Å². The molecule has 2 rings (SSSR count). The van der Waals surface area contributed by atoms with Crippen molar-refractivity contribution in [1.82, 2.24) is 0 Å². The normalized spacial score (nSPS) is 13.9. The number of hydrogen-bond donors (Lipinski definition) is 1. The molecule has 0 aliphatic carbocycles. The highest BCUT2D eigenvalue weighted by Gasteiger charge is 2.34. The highest BCUT2D eigenvalue weighted by molar-refractivity contribution is 7.98. The molecule has 2 aromatic carbocycles. The first-order valence-electron chi connectivity index (χ1n) is 6.93. The summed E-state index contributed by atoms with van der Waals surface area (Å²) in [5.41, 5.74) is 6.43. The Morgan fingerprint density at radius 3 is 2.62 bits per heavy atom. The number of hydrogen-bond acceptors (Lipinski definition) is 4. The van der Waals surface area contributed by atoms with E-state index in [2.05, 4.69) is 24.3 Å². The van der Waals surface area contributed by atoms with E-state index in [1.165, 1.54) is 12.5 Å². The molecule has 0 bridgehead atoms. The molecule has 4 heteroatoms. The molecule has 0 saturated heterocycles. The minimum Gasteiger partial charge on any atom is -0.468 e. The maximum absolute atomic E-state index is 12.1. The molecule has 0 amide bonds. The number of ether oxygens (including phenoxy) is 1. The van der Waals surface area contributed by atoms with Crippen LogP contribution in [0.25, 0.3) is 10.8 Å². The van der Waals surface area contributed by atoms with Crippen molar-refractivity contribution in [3.8, 4) is 0 Å². The molecule has 0 spiro atoms. The van der Waals surface area contributed by atoms with Crippen LogP contribution < -0.4 is 5.73 Å². The second kappa shape index (κ2) is 6.96. The quantitative estimate of drug-likeness (QED) is 0.834. The van der Waals surface area contributed by atoms with Crippen LogP contribution in [-0.4, -0.2) is 30.6 Å². The standard InChI is InChI=1S/C17H21NO2S/c1-20-16(19)17(18,9-10-21-2)12-13-7-8-14-5-3-4-6-15(14)11-13/h3-8,11H,9-10,12,18H2,1-2H3/t17-/m1/s1. The van der Waals surface area contributed by atoms with Gasteiger partial charge in [-0.25, -0.2) is 0 Å². The van der Waals surface area contributed by atoms with Crippen molar-refractivity contribution in [3.05, 3.63) is 48.0 Å². The van der Waals surface area contributed by atoms with E-state index in [1.54, 1.807) is 11.8 Å². The Labute approximate surface area is 129 Å². The number of carbonyl (C=O) groups excluding carboxylic acids is 1. The topological polar surface area (TPSA) is 52.3 Å². The summed E-state index contributed by atoms with van der Waals surface area (Å²) in [6, 6.07) is 14.4. The number of carbonyl (C=O) groups is 1. The van der Waals surface area contributed by atoms with E-state index < -0.39 is 5.54 Å². The van der Waals surface area contributed by atoms with E-state index in [-0.39, 0.29) is 5.97 Å². The third kappa shape index (κ3) is 3.77. The Balaban J connectivity index is 2.27. The van der Waals surface area contributed by atoms with Crippen LogP contribution in [0.4, 0.5) is 0 Å². The highest BCUT2D eigenvalue weighted by atomic mass is 32.2. The van der Waals surface area contributed by atoms with E-state index >= 15 is 0 Å². The fourth-order valence-electron chi connectivity index (χ4n) is 2.46. The molecule has 0 aromatic heterocycles. The number of methoxy groups -OCH3 is 1. The zero-order chi connectivity index (χ0) is 15.3. The van der Waals surface area contributed by atoms with Crippen molar-refractivity contribution in [3.63, 3.8) is 0 Å². The van der Waals surface area contributed by atoms with Gasteiger partial charge in [0.15, 0.2) is 0 Å². The lowest BCUT2D eigenvalue weighted by atomic mass is 9.88. The van der Waals surface area contributed by atoms with Crippen molar-refractivity contribution in [2.24, 2.45) is 5.73 Å². The summed E-state index contributed by atoms with van der Waals surface area (Å²) < 4.78 is 4.90. The predicted octanol–water partition coefficient (Wildman–Crippen LogP) is 3.01. The zero-order valence-corrected chi connectivity index (χ0v) is 13.3. The number of fused-ring (bicyclic) bond motifs is 1. The van der Waals surface area contributed by atoms with Crippen LogP contribution in [0.5, 0.6) is 0 Å². The van der Waals surface area contributed by atoms with E-state index in [1.807, 2.05) is 24.5 Å². The molecule has 21 heavy (non-hydrogen) atoms. The Morgan fingerprint density at radius 2 is 1.95 bits per heavy atom. The summed E-state index contributed by atoms with van der Waals surface area (Å²) in [5, 5.41) is 2.35. The third-order valence-electron chi connectivity index (χ3n) is 3.68. The van der Waals surface area contributed by atoms with Gasteiger partial charge in [0.1, 0.15) is 5.54 Å². The van der Waals surface area contributed by atoms with Crippen molar-refractivity contribution in [1.29, 1.82) is 0 Å². The van der Waals surface area contributed by atoms with E-state index in [0.29, 0.717) is 12.8 Å². The molecule has 0 fully saturated rings. The second-order valence-corrected chi connectivity index (χ2v) is 6.23. The van der Waals surface area contributed by atoms with Gasteiger partial charge < -0.3 is 10.5 Å². The second-order valence-electron chi connectivity index (χ2n) is 5.25. The first-order valence-corrected chi connectivity index (χ1v) is 8.32. The first kappa shape index (κ1) is 15.9. The Morgan fingerprint density at radius 1 is 1.24 bits per heavy atom. The van der Waals surface area contributed by atoms with Gasteiger partial charge in [-0.2, -0.15) is 11.8 Å². The monoisotopic (exact) mass is 303 g/mol. The molecule has 0 aliphatic heterocycles. The smallest absolute Gasteiger partial charge is 0.326 e. The molecule has 2 N–H and O–H groups in total. The molecule has 1 atom stereocenters. The summed E-state index contributed by atoms with van der Waals surface area (Å²) in [6.45, 7) is 0. The minimum atomic E-state index is -0.958. The average Bonchev–Trinajstić information content (AvgIpc) is 2.52. The van der Waals surface area contributed by atoms with Crippen LogP contribution in [0, 0.1) is 0 Å². The average molecular weight is 303 g/mol. The van der Waals surface area contributed by atoms with Crippen LogP contribution in [0.15, 0.2) is 42.5 Å². The van der Waals surface area contributed by atoms with Gasteiger partial charge in [0.2, 0.25) is 0 Å². The minimum absolute atomic E-state index is 0.343. The largest absolute Gasteiger partial charge is 0.468 e. The first-order chi connectivity index (χ1) is 10.1. The SMILES string of the molecule is COC(=O)[C@@](N)(CCSC)Cc1ccc2ccccc2c1. The lowest BCUT2D eigenvalue weighted by molar-refractivity contribution is -0.147. The van der Waals surface area contributed by atoms with E-state index in [4.69, 9.17) is 10.5 Å². The van der Waals surface area contributed by atoms with Gasteiger partial charge in [-0.05, 0) is 34.8 Å². The van der Waals surface area contributed by atoms with Crippen molar-refractivity contribution in [2.75, 3.05) is 19.1 Å². The molecule has 0 radical (unpaired) electrons. The maximum atomic E-state index is 12.1. The van der Waals surface area contributed by atoms with Crippen molar-refractivity contribution >= 4 is 28.5 Å². The summed E-state index contributed by atoms with van der Waals surface area (Å²) in [4.78, 5) is 12.1. The third-order valence-corrected chi connectivity index (χ3v) is 4.29. The van der Waals surface area contributed by atoms with Gasteiger partial charge in [0.25, 0.3) is 0 Å². The number of esters is 1. The number of thioether (sulfide) groups is 1. The van der Waals surface area contributed by atoms with Gasteiger partial charge in [0.05, 0.1) is 7.11 Å². The fourth-order valence-corrected chi connectivity index (χ4v) is 3.03. The van der Waals surface area contributed by atoms with Gasteiger partial charge in [-0.3, -0.25) is 4.79 Å². The molecular weight excluding hydrogens is 282 g/mol. The Hall–Kier alpha value is -1.52. The predicted molar refractivity (Wildman–Crippen MR) is 89.6 cm³/mol. The lowest BCUT2D eigenvalue weighted by Crippen LogP contribution is -2.51. The summed E-state index contributed by atoms with van der Waals surface area (Å²) >= 11 is 1.68. The van der Waals surface area contributed by atoms with Gasteiger partial charge in [-0.15, -0.1) is 0 Å².